The number of halogens is 1. The third kappa shape index (κ3) is 2.81. The van der Waals surface area contributed by atoms with Gasteiger partial charge in [0, 0.05) is 6.07 Å². The van der Waals surface area contributed by atoms with Gasteiger partial charge in [-0.3, -0.25) is 4.79 Å². The molecule has 0 radical (unpaired) electrons. The van der Waals surface area contributed by atoms with E-state index in [4.69, 9.17) is 11.6 Å². The van der Waals surface area contributed by atoms with Gasteiger partial charge in [-0.25, -0.2) is 0 Å². The van der Waals surface area contributed by atoms with Crippen LogP contribution in [0.5, 0.6) is 11.5 Å². The Kier molecular flexibility index (Phi) is 4.07. The molecule has 0 fully saturated rings. The maximum Gasteiger partial charge on any atom is 0.174 e. The Morgan fingerprint density at radius 2 is 1.91 bits per heavy atom. The van der Waals surface area contributed by atoms with Gasteiger partial charge in [0.2, 0.25) is 0 Å². The Balaban J connectivity index is 2.08. The monoisotopic (exact) mass is 330 g/mol. The van der Waals surface area contributed by atoms with Crippen LogP contribution in [0.1, 0.15) is 46.3 Å². The Morgan fingerprint density at radius 3 is 2.65 bits per heavy atom. The van der Waals surface area contributed by atoms with Gasteiger partial charge in [0.25, 0.3) is 0 Å². The largest absolute Gasteiger partial charge is 0.507 e. The number of phenols is 2. The lowest BCUT2D eigenvalue weighted by molar-refractivity contribution is 0.0923. The first-order valence-corrected chi connectivity index (χ1v) is 8.11. The van der Waals surface area contributed by atoms with Crippen LogP contribution in [0.25, 0.3) is 0 Å². The highest BCUT2D eigenvalue weighted by Gasteiger charge is 2.34. The van der Waals surface area contributed by atoms with Crippen molar-refractivity contribution in [2.24, 2.45) is 5.92 Å². The summed E-state index contributed by atoms with van der Waals surface area (Å²) >= 11 is 5.91. The van der Waals surface area contributed by atoms with Crippen molar-refractivity contribution >= 4 is 17.4 Å². The fraction of sp³-hybridized carbons (Fsp3) is 0.316. The fourth-order valence-electron chi connectivity index (χ4n) is 3.43. The van der Waals surface area contributed by atoms with Crippen molar-refractivity contribution in [3.05, 3.63) is 57.6 Å². The van der Waals surface area contributed by atoms with Crippen LogP contribution in [0.4, 0.5) is 0 Å². The second-order valence-electron chi connectivity index (χ2n) is 6.38. The number of phenolic OH excluding ortho intramolecular Hbond substituents is 2. The highest BCUT2D eigenvalue weighted by Crippen LogP contribution is 2.41. The van der Waals surface area contributed by atoms with Crippen LogP contribution in [0.2, 0.25) is 5.02 Å². The maximum absolute atomic E-state index is 13.0. The molecule has 0 amide bonds. The minimum absolute atomic E-state index is 0.0683. The average molecular weight is 331 g/mol. The molecule has 0 saturated heterocycles. The quantitative estimate of drug-likeness (QED) is 0.791. The molecule has 0 saturated carbocycles. The second kappa shape index (κ2) is 5.89. The number of aryl methyl sites for hydroxylation is 2. The van der Waals surface area contributed by atoms with E-state index < -0.39 is 0 Å². The molecule has 2 aromatic rings. The number of rotatable bonds is 2. The molecular weight excluding hydrogens is 312 g/mol. The molecule has 3 nitrogen and oxygen atoms in total. The van der Waals surface area contributed by atoms with Crippen LogP contribution in [-0.2, 0) is 6.42 Å². The summed E-state index contributed by atoms with van der Waals surface area (Å²) in [4.78, 5) is 13.0. The number of carbonyl (C=O) groups excluding carboxylic acids is 1. The first-order valence-electron chi connectivity index (χ1n) is 7.73. The molecule has 0 aliphatic heterocycles. The topological polar surface area (TPSA) is 57.5 Å². The molecule has 0 heterocycles. The molecule has 1 aliphatic rings. The van der Waals surface area contributed by atoms with Crippen molar-refractivity contribution in [2.45, 2.75) is 32.6 Å². The number of hydrogen-bond donors (Lipinski definition) is 2. The minimum Gasteiger partial charge on any atom is -0.507 e. The Morgan fingerprint density at radius 1 is 1.17 bits per heavy atom. The summed E-state index contributed by atoms with van der Waals surface area (Å²) in [6.07, 6.45) is 1.89. The van der Waals surface area contributed by atoms with Gasteiger partial charge in [0.1, 0.15) is 11.5 Å². The van der Waals surface area contributed by atoms with Crippen molar-refractivity contribution < 1.29 is 15.0 Å². The summed E-state index contributed by atoms with van der Waals surface area (Å²) in [5.74, 6) is -0.728. The van der Waals surface area contributed by atoms with E-state index in [1.165, 1.54) is 17.2 Å². The van der Waals surface area contributed by atoms with Gasteiger partial charge in [-0.15, -0.1) is 0 Å². The molecule has 120 valence electrons. The SMILES string of the molecule is Cc1ccc2c(c1)CCC(C)C2C(=O)c1cc(Cl)c(O)cc1O. The zero-order valence-electron chi connectivity index (χ0n) is 13.1. The minimum atomic E-state index is -0.300. The lowest BCUT2D eigenvalue weighted by Crippen LogP contribution is -2.26. The molecular formula is C19H19ClO3. The first kappa shape index (κ1) is 15.9. The third-order valence-corrected chi connectivity index (χ3v) is 4.99. The summed E-state index contributed by atoms with van der Waals surface area (Å²) in [5, 5.41) is 19.7. The second-order valence-corrected chi connectivity index (χ2v) is 6.79. The van der Waals surface area contributed by atoms with Crippen LogP contribution in [0, 0.1) is 12.8 Å². The van der Waals surface area contributed by atoms with E-state index in [1.54, 1.807) is 0 Å². The number of hydrogen-bond acceptors (Lipinski definition) is 3. The number of fused-ring (bicyclic) bond motifs is 1. The molecule has 1 aliphatic carbocycles. The van der Waals surface area contributed by atoms with Crippen LogP contribution < -0.4 is 0 Å². The zero-order chi connectivity index (χ0) is 16.7. The van der Waals surface area contributed by atoms with E-state index in [1.807, 2.05) is 19.1 Å². The van der Waals surface area contributed by atoms with E-state index >= 15 is 0 Å². The molecule has 0 bridgehead atoms. The molecule has 0 aromatic heterocycles. The summed E-state index contributed by atoms with van der Waals surface area (Å²) < 4.78 is 0. The van der Waals surface area contributed by atoms with Gasteiger partial charge in [0.05, 0.1) is 16.5 Å². The van der Waals surface area contributed by atoms with Gasteiger partial charge in [-0.1, -0.05) is 42.3 Å². The maximum atomic E-state index is 13.0. The van der Waals surface area contributed by atoms with Gasteiger partial charge >= 0.3 is 0 Å². The Labute approximate surface area is 140 Å². The van der Waals surface area contributed by atoms with E-state index in [2.05, 4.69) is 13.0 Å². The summed E-state index contributed by atoms with van der Waals surface area (Å²) in [5.41, 5.74) is 3.58. The van der Waals surface area contributed by atoms with Crippen molar-refractivity contribution in [3.8, 4) is 11.5 Å². The molecule has 2 aromatic carbocycles. The average Bonchev–Trinajstić information content (AvgIpc) is 2.50. The van der Waals surface area contributed by atoms with Crippen molar-refractivity contribution in [1.29, 1.82) is 0 Å². The smallest absolute Gasteiger partial charge is 0.174 e. The van der Waals surface area contributed by atoms with Crippen LogP contribution in [-0.4, -0.2) is 16.0 Å². The van der Waals surface area contributed by atoms with Gasteiger partial charge in [-0.05, 0) is 42.9 Å². The van der Waals surface area contributed by atoms with E-state index in [-0.39, 0.29) is 39.7 Å². The molecule has 23 heavy (non-hydrogen) atoms. The van der Waals surface area contributed by atoms with Crippen LogP contribution >= 0.6 is 11.6 Å². The highest BCUT2D eigenvalue weighted by molar-refractivity contribution is 6.32. The zero-order valence-corrected chi connectivity index (χ0v) is 13.9. The summed E-state index contributed by atoms with van der Waals surface area (Å²) in [6, 6.07) is 8.64. The fourth-order valence-corrected chi connectivity index (χ4v) is 3.59. The van der Waals surface area contributed by atoms with Gasteiger partial charge in [0.15, 0.2) is 5.78 Å². The van der Waals surface area contributed by atoms with E-state index in [0.717, 1.165) is 24.5 Å². The molecule has 2 atom stereocenters. The molecule has 2 unspecified atom stereocenters. The van der Waals surface area contributed by atoms with Crippen LogP contribution in [0.15, 0.2) is 30.3 Å². The predicted molar refractivity (Wildman–Crippen MR) is 90.5 cm³/mol. The number of ketones is 1. The van der Waals surface area contributed by atoms with Crippen molar-refractivity contribution in [3.63, 3.8) is 0 Å². The van der Waals surface area contributed by atoms with Crippen LogP contribution in [0.3, 0.4) is 0 Å². The highest BCUT2D eigenvalue weighted by atomic mass is 35.5. The van der Waals surface area contributed by atoms with Crippen molar-refractivity contribution in [2.75, 3.05) is 0 Å². The Bertz CT molecular complexity index is 782. The van der Waals surface area contributed by atoms with E-state index in [9.17, 15) is 15.0 Å². The third-order valence-electron chi connectivity index (χ3n) is 4.68. The lowest BCUT2D eigenvalue weighted by atomic mass is 9.72. The summed E-state index contributed by atoms with van der Waals surface area (Å²) in [7, 11) is 0. The number of benzene rings is 2. The van der Waals surface area contributed by atoms with Gasteiger partial charge < -0.3 is 10.2 Å². The predicted octanol–water partition coefficient (Wildman–Crippen LogP) is 4.61. The number of Topliss-reactive ketones (excluding diaryl/α,β-unsaturated/α-hetero) is 1. The molecule has 0 spiro atoms. The number of aromatic hydroxyl groups is 2. The standard InChI is InChI=1S/C19H19ClO3/c1-10-3-6-13-12(7-10)5-4-11(2)18(13)19(23)14-8-15(20)17(22)9-16(14)21/h3,6-9,11,18,21-22H,4-5H2,1-2H3. The normalized spacial score (nSPS) is 20.1. The molecule has 4 heteroatoms. The van der Waals surface area contributed by atoms with Crippen molar-refractivity contribution in [1.82, 2.24) is 0 Å². The first-order chi connectivity index (χ1) is 10.9. The summed E-state index contributed by atoms with van der Waals surface area (Å²) in [6.45, 7) is 4.10. The molecule has 2 N–H and O–H groups in total. The molecule has 3 rings (SSSR count). The Hall–Kier alpha value is -2.00. The van der Waals surface area contributed by atoms with E-state index in [0.29, 0.717) is 0 Å². The lowest BCUT2D eigenvalue weighted by Gasteiger charge is -2.31. The van der Waals surface area contributed by atoms with Gasteiger partial charge in [-0.2, -0.15) is 0 Å². The number of carbonyl (C=O) groups is 1.